The molecule has 0 unspecified atom stereocenters. The molecule has 0 amide bonds. The molecule has 0 aliphatic heterocycles. The Morgan fingerprint density at radius 3 is 2.53 bits per heavy atom. The number of nitrogens with zero attached hydrogens (tertiary/aromatic N) is 3. The first-order chi connectivity index (χ1) is 9.10. The van der Waals surface area contributed by atoms with E-state index in [-0.39, 0.29) is 17.4 Å². The summed E-state index contributed by atoms with van der Waals surface area (Å²) in [5, 5.41) is 19.5. The van der Waals surface area contributed by atoms with Gasteiger partial charge in [-0.25, -0.2) is 0 Å². The molecule has 0 aliphatic rings. The molecule has 0 aliphatic carbocycles. The van der Waals surface area contributed by atoms with Crippen molar-refractivity contribution in [1.82, 2.24) is 4.98 Å². The standard InChI is InChI=1S/C12H8N4O3/c13-7-8-1-3-9(4-2-8)19-12-10(16(17)18)5-6-11(14)15-12/h1-6H,(H2,14,15). The summed E-state index contributed by atoms with van der Waals surface area (Å²) in [6.45, 7) is 0. The van der Waals surface area contributed by atoms with Crippen LogP contribution in [0, 0.1) is 21.4 Å². The Hall–Kier alpha value is -3.14. The zero-order valence-electron chi connectivity index (χ0n) is 9.61. The summed E-state index contributed by atoms with van der Waals surface area (Å²) in [6, 6.07) is 10.6. The van der Waals surface area contributed by atoms with Gasteiger partial charge >= 0.3 is 11.6 Å². The Balaban J connectivity index is 2.34. The second-order valence-electron chi connectivity index (χ2n) is 3.56. The number of hydrogen-bond acceptors (Lipinski definition) is 6. The van der Waals surface area contributed by atoms with Crippen molar-refractivity contribution < 1.29 is 9.66 Å². The first-order valence-electron chi connectivity index (χ1n) is 5.19. The molecule has 0 radical (unpaired) electrons. The van der Waals surface area contributed by atoms with Crippen molar-refractivity contribution in [3.63, 3.8) is 0 Å². The second-order valence-corrected chi connectivity index (χ2v) is 3.56. The number of aromatic nitrogens is 1. The molecule has 1 aromatic carbocycles. The van der Waals surface area contributed by atoms with Crippen molar-refractivity contribution in [1.29, 1.82) is 5.26 Å². The first-order valence-corrected chi connectivity index (χ1v) is 5.19. The van der Waals surface area contributed by atoms with Crippen molar-refractivity contribution in [2.45, 2.75) is 0 Å². The van der Waals surface area contributed by atoms with Crippen LogP contribution in [0.1, 0.15) is 5.56 Å². The minimum absolute atomic E-state index is 0.120. The quantitative estimate of drug-likeness (QED) is 0.665. The molecule has 94 valence electrons. The fourth-order valence-electron chi connectivity index (χ4n) is 1.37. The average molecular weight is 256 g/mol. The highest BCUT2D eigenvalue weighted by Crippen LogP contribution is 2.29. The van der Waals surface area contributed by atoms with Crippen LogP contribution in [0.4, 0.5) is 11.5 Å². The van der Waals surface area contributed by atoms with Crippen molar-refractivity contribution >= 4 is 11.5 Å². The highest BCUT2D eigenvalue weighted by molar-refractivity contribution is 5.49. The number of ether oxygens (including phenoxy) is 1. The minimum atomic E-state index is -0.606. The molecule has 0 fully saturated rings. The summed E-state index contributed by atoms with van der Waals surface area (Å²) in [7, 11) is 0. The Kier molecular flexibility index (Phi) is 3.25. The maximum Gasteiger partial charge on any atom is 0.331 e. The van der Waals surface area contributed by atoms with Gasteiger partial charge in [0.25, 0.3) is 0 Å². The second kappa shape index (κ2) is 5.01. The monoisotopic (exact) mass is 256 g/mol. The van der Waals surface area contributed by atoms with E-state index in [0.717, 1.165) is 0 Å². The average Bonchev–Trinajstić information content (AvgIpc) is 2.39. The van der Waals surface area contributed by atoms with Gasteiger partial charge in [-0.15, -0.1) is 0 Å². The van der Waals surface area contributed by atoms with Crippen LogP contribution in [-0.4, -0.2) is 9.91 Å². The normalized spacial score (nSPS) is 9.63. The third kappa shape index (κ3) is 2.76. The first kappa shape index (κ1) is 12.3. The van der Waals surface area contributed by atoms with Crippen LogP contribution < -0.4 is 10.5 Å². The molecular formula is C12H8N4O3. The lowest BCUT2D eigenvalue weighted by molar-refractivity contribution is -0.386. The van der Waals surface area contributed by atoms with Gasteiger partial charge in [0.2, 0.25) is 0 Å². The summed E-state index contributed by atoms with van der Waals surface area (Å²) < 4.78 is 5.31. The highest BCUT2D eigenvalue weighted by Gasteiger charge is 2.17. The highest BCUT2D eigenvalue weighted by atomic mass is 16.6. The molecule has 1 aromatic heterocycles. The maximum atomic E-state index is 10.8. The van der Waals surface area contributed by atoms with Crippen molar-refractivity contribution in [3.05, 3.63) is 52.1 Å². The Labute approximate surface area is 108 Å². The predicted octanol–water partition coefficient (Wildman–Crippen LogP) is 2.24. The van der Waals surface area contributed by atoms with Crippen LogP contribution in [0.2, 0.25) is 0 Å². The van der Waals surface area contributed by atoms with Gasteiger partial charge in [0.05, 0.1) is 16.6 Å². The van der Waals surface area contributed by atoms with Crippen LogP contribution in [0.25, 0.3) is 0 Å². The molecule has 19 heavy (non-hydrogen) atoms. The minimum Gasteiger partial charge on any atom is -0.434 e. The topological polar surface area (TPSA) is 115 Å². The smallest absolute Gasteiger partial charge is 0.331 e. The summed E-state index contributed by atoms with van der Waals surface area (Å²) in [6.07, 6.45) is 0. The summed E-state index contributed by atoms with van der Waals surface area (Å²) in [4.78, 5) is 14.0. The van der Waals surface area contributed by atoms with E-state index < -0.39 is 4.92 Å². The van der Waals surface area contributed by atoms with E-state index >= 15 is 0 Å². The third-order valence-corrected chi connectivity index (χ3v) is 2.26. The molecule has 7 heteroatoms. The van der Waals surface area contributed by atoms with E-state index in [1.54, 1.807) is 0 Å². The van der Waals surface area contributed by atoms with E-state index in [1.807, 2.05) is 6.07 Å². The molecule has 0 saturated heterocycles. The number of nitrogen functional groups attached to an aromatic ring is 1. The van der Waals surface area contributed by atoms with Crippen LogP contribution in [-0.2, 0) is 0 Å². The van der Waals surface area contributed by atoms with E-state index in [4.69, 9.17) is 15.7 Å². The number of nitro groups is 1. The van der Waals surface area contributed by atoms with Crippen molar-refractivity contribution in [3.8, 4) is 17.7 Å². The maximum absolute atomic E-state index is 10.8. The molecule has 0 atom stereocenters. The molecule has 0 saturated carbocycles. The zero-order chi connectivity index (χ0) is 13.8. The number of benzene rings is 1. The van der Waals surface area contributed by atoms with Gasteiger partial charge in [-0.1, -0.05) is 0 Å². The van der Waals surface area contributed by atoms with E-state index in [2.05, 4.69) is 4.98 Å². The number of nitriles is 1. The van der Waals surface area contributed by atoms with Gasteiger partial charge < -0.3 is 10.5 Å². The molecule has 0 spiro atoms. The Morgan fingerprint density at radius 2 is 1.95 bits per heavy atom. The van der Waals surface area contributed by atoms with Crippen LogP contribution in [0.3, 0.4) is 0 Å². The molecule has 2 aromatic rings. The molecular weight excluding hydrogens is 248 g/mol. The van der Waals surface area contributed by atoms with E-state index in [1.165, 1.54) is 36.4 Å². The third-order valence-electron chi connectivity index (χ3n) is 2.26. The fraction of sp³-hybridized carbons (Fsp3) is 0. The van der Waals surface area contributed by atoms with Crippen LogP contribution in [0.15, 0.2) is 36.4 Å². The summed E-state index contributed by atoms with van der Waals surface area (Å²) >= 11 is 0. The SMILES string of the molecule is N#Cc1ccc(Oc2nc(N)ccc2[N+](=O)[O-])cc1. The van der Waals surface area contributed by atoms with Crippen LogP contribution in [0.5, 0.6) is 11.6 Å². The number of pyridine rings is 1. The predicted molar refractivity (Wildman–Crippen MR) is 66.5 cm³/mol. The van der Waals surface area contributed by atoms with Crippen LogP contribution >= 0.6 is 0 Å². The zero-order valence-corrected chi connectivity index (χ0v) is 9.61. The molecule has 0 bridgehead atoms. The van der Waals surface area contributed by atoms with E-state index in [9.17, 15) is 10.1 Å². The molecule has 2 rings (SSSR count). The largest absolute Gasteiger partial charge is 0.434 e. The summed E-state index contributed by atoms with van der Waals surface area (Å²) in [5.74, 6) is 0.268. The van der Waals surface area contributed by atoms with E-state index in [0.29, 0.717) is 11.3 Å². The number of rotatable bonds is 3. The van der Waals surface area contributed by atoms with Gasteiger partial charge in [0.15, 0.2) is 0 Å². The molecule has 7 nitrogen and oxygen atoms in total. The Morgan fingerprint density at radius 1 is 1.26 bits per heavy atom. The Bertz CT molecular complexity index is 662. The summed E-state index contributed by atoms with van der Waals surface area (Å²) in [5.41, 5.74) is 5.65. The number of nitrogens with two attached hydrogens (primary N) is 1. The number of anilines is 1. The fourth-order valence-corrected chi connectivity index (χ4v) is 1.37. The molecule has 2 N–H and O–H groups in total. The lowest BCUT2D eigenvalue weighted by atomic mass is 10.2. The lowest BCUT2D eigenvalue weighted by Gasteiger charge is -2.05. The molecule has 1 heterocycles. The van der Waals surface area contributed by atoms with Gasteiger partial charge in [-0.2, -0.15) is 10.2 Å². The lowest BCUT2D eigenvalue weighted by Crippen LogP contribution is -1.98. The van der Waals surface area contributed by atoms with Crippen molar-refractivity contribution in [2.24, 2.45) is 0 Å². The van der Waals surface area contributed by atoms with Gasteiger partial charge in [-0.3, -0.25) is 10.1 Å². The van der Waals surface area contributed by atoms with Crippen molar-refractivity contribution in [2.75, 3.05) is 5.73 Å². The van der Waals surface area contributed by atoms with Gasteiger partial charge in [0, 0.05) is 6.07 Å². The van der Waals surface area contributed by atoms with Gasteiger partial charge in [0.1, 0.15) is 11.6 Å². The van der Waals surface area contributed by atoms with Gasteiger partial charge in [-0.05, 0) is 30.3 Å². The number of hydrogen-bond donors (Lipinski definition) is 1.